The molecule has 1 aliphatic heterocycles. The maximum absolute atomic E-state index is 13.3. The molecule has 0 aliphatic carbocycles. The van der Waals surface area contributed by atoms with Crippen LogP contribution in [-0.4, -0.2) is 21.3 Å². The Labute approximate surface area is 173 Å². The molecule has 1 N–H and O–H groups in total. The Morgan fingerprint density at radius 3 is 2.55 bits per heavy atom. The van der Waals surface area contributed by atoms with E-state index in [2.05, 4.69) is 5.32 Å². The van der Waals surface area contributed by atoms with E-state index in [1.807, 2.05) is 30.3 Å². The van der Waals surface area contributed by atoms with Gasteiger partial charge in [0.25, 0.3) is 10.0 Å². The van der Waals surface area contributed by atoms with Gasteiger partial charge in [0.05, 0.1) is 25.0 Å². The normalized spacial score (nSPS) is 16.5. The third kappa shape index (κ3) is 3.52. The number of hydrogen-bond acceptors (Lipinski definition) is 6. The second kappa shape index (κ2) is 7.73. The predicted octanol–water partition coefficient (Wildman–Crippen LogP) is 4.24. The van der Waals surface area contributed by atoms with Crippen molar-refractivity contribution in [3.05, 3.63) is 87.6 Å². The first-order chi connectivity index (χ1) is 14.0. The molecule has 148 valence electrons. The molecule has 0 fully saturated rings. The van der Waals surface area contributed by atoms with Crippen LogP contribution in [0.5, 0.6) is 5.75 Å². The zero-order valence-corrected chi connectivity index (χ0v) is 17.2. The van der Waals surface area contributed by atoms with Crippen LogP contribution in [0.3, 0.4) is 0 Å². The highest BCUT2D eigenvalue weighted by molar-refractivity contribution is 7.97. The second-order valence-corrected chi connectivity index (χ2v) is 9.06. The number of sulfonamides is 1. The predicted molar refractivity (Wildman–Crippen MR) is 115 cm³/mol. The van der Waals surface area contributed by atoms with Crippen LogP contribution in [0, 0.1) is 0 Å². The number of fused-ring (bicyclic) bond motifs is 1. The maximum Gasteiger partial charge on any atom is 0.270 e. The number of anilines is 2. The van der Waals surface area contributed by atoms with Gasteiger partial charge in [-0.1, -0.05) is 42.5 Å². The smallest absolute Gasteiger partial charge is 0.270 e. The van der Waals surface area contributed by atoms with Gasteiger partial charge >= 0.3 is 0 Å². The SMILES string of the molecule is COc1ccccc1N/C=C1/C(=O)c2sccc2N(Cc2ccccc2)S1(=O)=O. The van der Waals surface area contributed by atoms with Gasteiger partial charge in [0.15, 0.2) is 4.91 Å². The molecule has 0 saturated heterocycles. The van der Waals surface area contributed by atoms with Crippen molar-refractivity contribution in [2.75, 3.05) is 16.7 Å². The van der Waals surface area contributed by atoms with Crippen LogP contribution in [0.15, 0.2) is 77.1 Å². The van der Waals surface area contributed by atoms with E-state index < -0.39 is 15.8 Å². The number of ketones is 1. The minimum absolute atomic E-state index is 0.145. The molecule has 3 aromatic rings. The first kappa shape index (κ1) is 19.2. The molecule has 0 unspecified atom stereocenters. The number of carbonyl (C=O) groups is 1. The van der Waals surface area contributed by atoms with E-state index in [1.165, 1.54) is 29.0 Å². The molecular weight excluding hydrogens is 408 g/mol. The first-order valence-electron chi connectivity index (χ1n) is 8.81. The lowest BCUT2D eigenvalue weighted by atomic mass is 10.2. The fourth-order valence-electron chi connectivity index (χ4n) is 3.11. The third-order valence-corrected chi connectivity index (χ3v) is 7.21. The van der Waals surface area contributed by atoms with Crippen molar-refractivity contribution in [2.45, 2.75) is 6.54 Å². The number of allylic oxidation sites excluding steroid dienone is 1. The lowest BCUT2D eigenvalue weighted by Crippen LogP contribution is -2.38. The van der Waals surface area contributed by atoms with E-state index in [0.717, 1.165) is 5.56 Å². The molecule has 0 amide bonds. The van der Waals surface area contributed by atoms with Gasteiger partial charge in [-0.2, -0.15) is 0 Å². The second-order valence-electron chi connectivity index (χ2n) is 6.31. The van der Waals surface area contributed by atoms with Crippen molar-refractivity contribution in [3.8, 4) is 5.75 Å². The van der Waals surface area contributed by atoms with E-state index in [0.29, 0.717) is 22.0 Å². The Kier molecular flexibility index (Phi) is 5.12. The summed E-state index contributed by atoms with van der Waals surface area (Å²) in [5.74, 6) is 0.0321. The van der Waals surface area contributed by atoms with Crippen LogP contribution >= 0.6 is 11.3 Å². The summed E-state index contributed by atoms with van der Waals surface area (Å²) in [4.78, 5) is 13.0. The quantitative estimate of drug-likeness (QED) is 0.618. The van der Waals surface area contributed by atoms with Crippen molar-refractivity contribution >= 4 is 38.5 Å². The minimum atomic E-state index is -4.04. The molecule has 2 aromatic carbocycles. The molecule has 4 rings (SSSR count). The van der Waals surface area contributed by atoms with Crippen molar-refractivity contribution < 1.29 is 17.9 Å². The summed E-state index contributed by atoms with van der Waals surface area (Å²) in [6.07, 6.45) is 1.25. The third-order valence-electron chi connectivity index (χ3n) is 4.55. The fraction of sp³-hybridized carbons (Fsp3) is 0.0952. The van der Waals surface area contributed by atoms with E-state index in [9.17, 15) is 13.2 Å². The summed E-state index contributed by atoms with van der Waals surface area (Å²) in [7, 11) is -2.51. The average Bonchev–Trinajstić information content (AvgIpc) is 3.22. The van der Waals surface area contributed by atoms with Crippen molar-refractivity contribution in [1.82, 2.24) is 0 Å². The number of hydrogen-bond donors (Lipinski definition) is 1. The highest BCUT2D eigenvalue weighted by atomic mass is 32.2. The molecule has 1 aromatic heterocycles. The molecule has 0 spiro atoms. The highest BCUT2D eigenvalue weighted by Crippen LogP contribution is 2.39. The number of benzene rings is 2. The molecule has 0 radical (unpaired) electrons. The van der Waals surface area contributed by atoms with Crippen LogP contribution in [0.25, 0.3) is 0 Å². The average molecular weight is 427 g/mol. The van der Waals surface area contributed by atoms with E-state index in [4.69, 9.17) is 4.74 Å². The standard InChI is InChI=1S/C21H18N2O4S2/c1-27-18-10-6-5-9-16(18)22-13-19-20(24)21-17(11-12-28-21)23(29(19,25)26)14-15-7-3-2-4-8-15/h2-13,22H,14H2,1H3/b19-13-. The minimum Gasteiger partial charge on any atom is -0.495 e. The van der Waals surface area contributed by atoms with Gasteiger partial charge in [0.1, 0.15) is 10.6 Å². The number of nitrogens with zero attached hydrogens (tertiary/aromatic N) is 1. The Morgan fingerprint density at radius 1 is 1.07 bits per heavy atom. The van der Waals surface area contributed by atoms with Gasteiger partial charge in [-0.25, -0.2) is 8.42 Å². The zero-order chi connectivity index (χ0) is 20.4. The number of thiophene rings is 1. The Bertz CT molecular complexity index is 1180. The summed E-state index contributed by atoms with van der Waals surface area (Å²) < 4.78 is 33.2. The fourth-order valence-corrected chi connectivity index (χ4v) is 5.60. The summed E-state index contributed by atoms with van der Waals surface area (Å²) >= 11 is 1.23. The summed E-state index contributed by atoms with van der Waals surface area (Å²) in [5, 5.41) is 4.65. The Hall–Kier alpha value is -3.10. The number of ether oxygens (including phenoxy) is 1. The molecule has 6 nitrogen and oxygen atoms in total. The van der Waals surface area contributed by atoms with E-state index >= 15 is 0 Å². The summed E-state index contributed by atoms with van der Waals surface area (Å²) in [5.41, 5.74) is 1.81. The molecule has 2 heterocycles. The van der Waals surface area contributed by atoms with Gasteiger partial charge < -0.3 is 10.1 Å². The van der Waals surface area contributed by atoms with Gasteiger partial charge in [-0.15, -0.1) is 11.3 Å². The molecular formula is C21H18N2O4S2. The van der Waals surface area contributed by atoms with Crippen LogP contribution in [-0.2, 0) is 16.6 Å². The molecule has 0 saturated carbocycles. The Balaban J connectivity index is 1.76. The van der Waals surface area contributed by atoms with Crippen LogP contribution in [0.4, 0.5) is 11.4 Å². The van der Waals surface area contributed by atoms with Gasteiger partial charge in [0.2, 0.25) is 5.78 Å². The number of Topliss-reactive ketones (excluding diaryl/α,β-unsaturated/α-hetero) is 1. The van der Waals surface area contributed by atoms with Gasteiger partial charge in [-0.3, -0.25) is 9.10 Å². The number of carbonyl (C=O) groups excluding carboxylic acids is 1. The van der Waals surface area contributed by atoms with Crippen molar-refractivity contribution in [1.29, 1.82) is 0 Å². The lowest BCUT2D eigenvalue weighted by Gasteiger charge is -2.29. The highest BCUT2D eigenvalue weighted by Gasteiger charge is 2.41. The van der Waals surface area contributed by atoms with E-state index in [1.54, 1.807) is 35.7 Å². The maximum atomic E-state index is 13.3. The molecule has 29 heavy (non-hydrogen) atoms. The topological polar surface area (TPSA) is 75.7 Å². The molecule has 8 heteroatoms. The number of para-hydroxylation sites is 2. The Morgan fingerprint density at radius 2 is 1.79 bits per heavy atom. The van der Waals surface area contributed by atoms with Crippen LogP contribution < -0.4 is 14.4 Å². The number of nitrogens with one attached hydrogen (secondary N) is 1. The van der Waals surface area contributed by atoms with Crippen molar-refractivity contribution in [3.63, 3.8) is 0 Å². The van der Waals surface area contributed by atoms with Gasteiger partial charge in [0, 0.05) is 6.20 Å². The largest absolute Gasteiger partial charge is 0.495 e. The van der Waals surface area contributed by atoms with E-state index in [-0.39, 0.29) is 11.4 Å². The monoisotopic (exact) mass is 426 g/mol. The van der Waals surface area contributed by atoms with Crippen LogP contribution in [0.1, 0.15) is 15.2 Å². The van der Waals surface area contributed by atoms with Gasteiger partial charge in [-0.05, 0) is 29.1 Å². The number of rotatable bonds is 5. The van der Waals surface area contributed by atoms with Crippen molar-refractivity contribution in [2.24, 2.45) is 0 Å². The lowest BCUT2D eigenvalue weighted by molar-refractivity contribution is 0.104. The first-order valence-corrected chi connectivity index (χ1v) is 11.1. The number of methoxy groups -OCH3 is 1. The molecule has 0 atom stereocenters. The summed E-state index contributed by atoms with van der Waals surface area (Å²) in [6.45, 7) is 0.145. The van der Waals surface area contributed by atoms with Crippen LogP contribution in [0.2, 0.25) is 0 Å². The zero-order valence-electron chi connectivity index (χ0n) is 15.5. The summed E-state index contributed by atoms with van der Waals surface area (Å²) in [6, 6.07) is 18.0. The molecule has 0 bridgehead atoms. The molecule has 1 aliphatic rings.